The normalized spacial score (nSPS) is 13.1. The van der Waals surface area contributed by atoms with Crippen molar-refractivity contribution in [2.24, 2.45) is 7.05 Å². The third-order valence-electron chi connectivity index (χ3n) is 5.84. The maximum absolute atomic E-state index is 13.5. The van der Waals surface area contributed by atoms with Gasteiger partial charge in [-0.05, 0) is 42.7 Å². The molecule has 0 aliphatic carbocycles. The van der Waals surface area contributed by atoms with Gasteiger partial charge in [-0.25, -0.2) is 14.2 Å². The quantitative estimate of drug-likeness (QED) is 0.479. The molecule has 4 aromatic rings. The number of ether oxygens (including phenoxy) is 2. The predicted octanol–water partition coefficient (Wildman–Crippen LogP) is 4.67. The summed E-state index contributed by atoms with van der Waals surface area (Å²) in [6.07, 6.45) is 2.75. The van der Waals surface area contributed by atoms with Crippen LogP contribution in [0.1, 0.15) is 24.2 Å². The average molecular weight is 449 g/mol. The second-order valence-corrected chi connectivity index (χ2v) is 8.04. The van der Waals surface area contributed by atoms with E-state index < -0.39 is 11.9 Å². The molecule has 0 bridgehead atoms. The SMILES string of the molecule is COc1cc(F)ccc1-c1cc(NC(=O)OCc2ccc3c(c2)nc2n3CCCC2)n(C)n1. The standard InChI is InChI=1S/C24H24FN5O3/c1-29-23(13-18(28-29)17-8-7-16(25)12-21(17)32-2)27-24(31)33-14-15-6-9-20-19(11-15)26-22-5-3-4-10-30(20)22/h6-9,11-13H,3-5,10,14H2,1-2H3,(H,27,31). The molecule has 0 radical (unpaired) electrons. The van der Waals surface area contributed by atoms with E-state index in [1.165, 1.54) is 36.8 Å². The van der Waals surface area contributed by atoms with Gasteiger partial charge in [0.25, 0.3) is 0 Å². The lowest BCUT2D eigenvalue weighted by Gasteiger charge is -2.13. The van der Waals surface area contributed by atoms with E-state index in [4.69, 9.17) is 14.5 Å². The Kier molecular flexibility index (Phi) is 5.45. The van der Waals surface area contributed by atoms with Crippen molar-refractivity contribution < 1.29 is 18.7 Å². The Balaban J connectivity index is 1.26. The van der Waals surface area contributed by atoms with Crippen LogP contribution in [-0.2, 0) is 31.4 Å². The molecule has 33 heavy (non-hydrogen) atoms. The van der Waals surface area contributed by atoms with Gasteiger partial charge in [-0.1, -0.05) is 6.07 Å². The second-order valence-electron chi connectivity index (χ2n) is 8.04. The fourth-order valence-corrected chi connectivity index (χ4v) is 4.19. The van der Waals surface area contributed by atoms with Crippen LogP contribution in [0.25, 0.3) is 22.3 Å². The minimum Gasteiger partial charge on any atom is -0.496 e. The summed E-state index contributed by atoms with van der Waals surface area (Å²) < 4.78 is 27.9. The van der Waals surface area contributed by atoms with Crippen molar-refractivity contribution in [2.75, 3.05) is 12.4 Å². The Bertz CT molecular complexity index is 1340. The molecule has 5 rings (SSSR count). The average Bonchev–Trinajstić information content (AvgIpc) is 3.37. The zero-order valence-corrected chi connectivity index (χ0v) is 18.5. The topological polar surface area (TPSA) is 83.2 Å². The van der Waals surface area contributed by atoms with E-state index in [-0.39, 0.29) is 6.61 Å². The summed E-state index contributed by atoms with van der Waals surface area (Å²) in [5.41, 5.74) is 4.08. The molecule has 2 aromatic heterocycles. The molecular formula is C24H24FN5O3. The van der Waals surface area contributed by atoms with Crippen LogP contribution in [0.15, 0.2) is 42.5 Å². The zero-order valence-electron chi connectivity index (χ0n) is 18.5. The number of benzene rings is 2. The minimum atomic E-state index is -0.597. The number of aromatic nitrogens is 4. The van der Waals surface area contributed by atoms with Crippen molar-refractivity contribution in [3.63, 3.8) is 0 Å². The molecule has 0 saturated heterocycles. The smallest absolute Gasteiger partial charge is 0.413 e. The number of aryl methyl sites for hydroxylation is 3. The zero-order chi connectivity index (χ0) is 22.9. The lowest BCUT2D eigenvalue weighted by molar-refractivity contribution is 0.155. The maximum Gasteiger partial charge on any atom is 0.413 e. The van der Waals surface area contributed by atoms with E-state index in [0.717, 1.165) is 35.4 Å². The number of anilines is 1. The number of hydrogen-bond donors (Lipinski definition) is 1. The monoisotopic (exact) mass is 449 g/mol. The van der Waals surface area contributed by atoms with Crippen molar-refractivity contribution in [1.82, 2.24) is 19.3 Å². The molecule has 2 aromatic carbocycles. The van der Waals surface area contributed by atoms with Crippen LogP contribution in [0.5, 0.6) is 5.75 Å². The highest BCUT2D eigenvalue weighted by Crippen LogP contribution is 2.31. The Morgan fingerprint density at radius 1 is 1.18 bits per heavy atom. The number of amides is 1. The number of methoxy groups -OCH3 is 1. The van der Waals surface area contributed by atoms with Crippen LogP contribution < -0.4 is 10.1 Å². The first-order chi connectivity index (χ1) is 16.0. The summed E-state index contributed by atoms with van der Waals surface area (Å²) in [6, 6.07) is 11.9. The molecule has 8 nitrogen and oxygen atoms in total. The molecule has 1 amide bonds. The number of rotatable bonds is 5. The highest BCUT2D eigenvalue weighted by molar-refractivity contribution is 5.85. The fraction of sp³-hybridized carbons (Fsp3) is 0.292. The van der Waals surface area contributed by atoms with Gasteiger partial charge in [0, 0.05) is 37.7 Å². The van der Waals surface area contributed by atoms with Gasteiger partial charge in [-0.15, -0.1) is 0 Å². The molecule has 0 unspecified atom stereocenters. The molecular weight excluding hydrogens is 425 g/mol. The van der Waals surface area contributed by atoms with Crippen LogP contribution in [0, 0.1) is 5.82 Å². The first-order valence-electron chi connectivity index (χ1n) is 10.8. The third-order valence-corrected chi connectivity index (χ3v) is 5.84. The van der Waals surface area contributed by atoms with E-state index in [0.29, 0.717) is 22.8 Å². The second kappa shape index (κ2) is 8.57. The van der Waals surface area contributed by atoms with Crippen molar-refractivity contribution in [1.29, 1.82) is 0 Å². The molecule has 1 aliphatic rings. The van der Waals surface area contributed by atoms with Crippen LogP contribution in [0.4, 0.5) is 15.0 Å². The van der Waals surface area contributed by atoms with Gasteiger partial charge in [0.15, 0.2) is 0 Å². The van der Waals surface area contributed by atoms with Crippen LogP contribution in [0.2, 0.25) is 0 Å². The van der Waals surface area contributed by atoms with Crippen LogP contribution in [0.3, 0.4) is 0 Å². The third kappa shape index (κ3) is 4.13. The molecule has 1 aliphatic heterocycles. The predicted molar refractivity (Wildman–Crippen MR) is 122 cm³/mol. The van der Waals surface area contributed by atoms with Gasteiger partial charge in [0.2, 0.25) is 0 Å². The minimum absolute atomic E-state index is 0.125. The lowest BCUT2D eigenvalue weighted by Crippen LogP contribution is -2.15. The van der Waals surface area contributed by atoms with Gasteiger partial charge >= 0.3 is 6.09 Å². The van der Waals surface area contributed by atoms with Gasteiger partial charge in [0.1, 0.15) is 29.8 Å². The molecule has 0 spiro atoms. The fourth-order valence-electron chi connectivity index (χ4n) is 4.19. The maximum atomic E-state index is 13.5. The van der Waals surface area contributed by atoms with E-state index >= 15 is 0 Å². The van der Waals surface area contributed by atoms with E-state index in [1.807, 2.05) is 18.2 Å². The molecule has 1 N–H and O–H groups in total. The number of carbonyl (C=O) groups excluding carboxylic acids is 1. The number of halogens is 1. The van der Waals surface area contributed by atoms with Gasteiger partial charge < -0.3 is 14.0 Å². The summed E-state index contributed by atoms with van der Waals surface area (Å²) in [5.74, 6) is 1.52. The summed E-state index contributed by atoms with van der Waals surface area (Å²) in [5, 5.41) is 7.09. The highest BCUT2D eigenvalue weighted by atomic mass is 19.1. The Morgan fingerprint density at radius 2 is 2.06 bits per heavy atom. The highest BCUT2D eigenvalue weighted by Gasteiger charge is 2.16. The molecule has 0 fully saturated rings. The Hall–Kier alpha value is -3.88. The van der Waals surface area contributed by atoms with Crippen molar-refractivity contribution in [2.45, 2.75) is 32.4 Å². The van der Waals surface area contributed by atoms with Crippen molar-refractivity contribution in [3.8, 4) is 17.0 Å². The Morgan fingerprint density at radius 3 is 2.91 bits per heavy atom. The number of nitrogens with one attached hydrogen (secondary N) is 1. The van der Waals surface area contributed by atoms with E-state index in [1.54, 1.807) is 19.2 Å². The number of nitrogens with zero attached hydrogens (tertiary/aromatic N) is 4. The first-order valence-corrected chi connectivity index (χ1v) is 10.8. The van der Waals surface area contributed by atoms with Crippen molar-refractivity contribution >= 4 is 22.9 Å². The molecule has 0 saturated carbocycles. The van der Waals surface area contributed by atoms with Gasteiger partial charge in [-0.2, -0.15) is 5.10 Å². The lowest BCUT2D eigenvalue weighted by atomic mass is 10.1. The summed E-state index contributed by atoms with van der Waals surface area (Å²) >= 11 is 0. The van der Waals surface area contributed by atoms with Crippen molar-refractivity contribution in [3.05, 3.63) is 59.7 Å². The number of carbonyl (C=O) groups is 1. The molecule has 170 valence electrons. The Labute approximate surface area is 189 Å². The first kappa shape index (κ1) is 21.0. The van der Waals surface area contributed by atoms with E-state index in [9.17, 15) is 9.18 Å². The van der Waals surface area contributed by atoms with Gasteiger partial charge in [-0.3, -0.25) is 10.00 Å². The number of imidazole rings is 1. The van der Waals surface area contributed by atoms with Gasteiger partial charge in [0.05, 0.1) is 23.8 Å². The van der Waals surface area contributed by atoms with Crippen LogP contribution in [-0.4, -0.2) is 32.5 Å². The number of hydrogen-bond acceptors (Lipinski definition) is 5. The van der Waals surface area contributed by atoms with E-state index in [2.05, 4.69) is 15.0 Å². The molecule has 3 heterocycles. The molecule has 0 atom stereocenters. The largest absolute Gasteiger partial charge is 0.496 e. The summed E-state index contributed by atoms with van der Waals surface area (Å²) in [6.45, 7) is 1.13. The summed E-state index contributed by atoms with van der Waals surface area (Å²) in [4.78, 5) is 17.1. The summed E-state index contributed by atoms with van der Waals surface area (Å²) in [7, 11) is 3.16. The molecule has 9 heteroatoms. The number of fused-ring (bicyclic) bond motifs is 3. The van der Waals surface area contributed by atoms with Crippen LogP contribution >= 0.6 is 0 Å².